The van der Waals surface area contributed by atoms with E-state index in [1.54, 1.807) is 30.8 Å². The van der Waals surface area contributed by atoms with Crippen LogP contribution in [-0.4, -0.2) is 0 Å². The van der Waals surface area contributed by atoms with Crippen LogP contribution in [0.1, 0.15) is 28.6 Å². The molecule has 1 atom stereocenters. The summed E-state index contributed by atoms with van der Waals surface area (Å²) < 4.78 is 0.654. The van der Waals surface area contributed by atoms with Crippen LogP contribution in [0, 0.1) is 0 Å². The minimum atomic E-state index is 0.654. The van der Waals surface area contributed by atoms with Crippen molar-refractivity contribution in [3.63, 3.8) is 0 Å². The molecule has 1 aliphatic rings. The molecule has 0 aromatic heterocycles. The molecule has 0 amide bonds. The predicted octanol–water partition coefficient (Wildman–Crippen LogP) is 6.11. The van der Waals surface area contributed by atoms with Gasteiger partial charge in [0.1, 0.15) is 0 Å². The van der Waals surface area contributed by atoms with Gasteiger partial charge in [-0.3, -0.25) is 0 Å². The molecule has 2 aromatic carbocycles. The molecular formula is C21H21Zr. The van der Waals surface area contributed by atoms with Gasteiger partial charge in [0.05, 0.1) is 0 Å². The molecule has 1 heteroatoms. The van der Waals surface area contributed by atoms with E-state index in [1.807, 2.05) is 6.92 Å². The van der Waals surface area contributed by atoms with E-state index in [-0.39, 0.29) is 0 Å². The average Bonchev–Trinajstić information content (AvgIpc) is 2.84. The molecule has 0 aliphatic heterocycles. The zero-order valence-electron chi connectivity index (χ0n) is 13.3. The van der Waals surface area contributed by atoms with Crippen molar-refractivity contribution in [2.24, 2.45) is 0 Å². The van der Waals surface area contributed by atoms with Gasteiger partial charge >= 0.3 is 118 Å². The summed E-state index contributed by atoms with van der Waals surface area (Å²) in [5.74, 6) is 0. The second-order valence-electron chi connectivity index (χ2n) is 5.55. The van der Waals surface area contributed by atoms with E-state index >= 15 is 0 Å². The second kappa shape index (κ2) is 7.70. The monoisotopic (exact) mass is 363 g/mol. The van der Waals surface area contributed by atoms with Gasteiger partial charge in [-0.1, -0.05) is 24.8 Å². The van der Waals surface area contributed by atoms with Crippen LogP contribution in [-0.2, 0) is 24.7 Å². The molecule has 3 rings (SSSR count). The molecule has 0 radical (unpaired) electrons. The summed E-state index contributed by atoms with van der Waals surface area (Å²) in [5, 5.41) is 0. The van der Waals surface area contributed by atoms with Crippen molar-refractivity contribution in [2.45, 2.75) is 17.5 Å². The van der Waals surface area contributed by atoms with Crippen LogP contribution >= 0.6 is 0 Å². The van der Waals surface area contributed by atoms with Crippen molar-refractivity contribution in [1.29, 1.82) is 0 Å². The van der Waals surface area contributed by atoms with Crippen molar-refractivity contribution >= 4 is 6.08 Å². The molecule has 1 aliphatic carbocycles. The van der Waals surface area contributed by atoms with Crippen LogP contribution in [0.3, 0.4) is 0 Å². The van der Waals surface area contributed by atoms with Gasteiger partial charge in [0.15, 0.2) is 0 Å². The third-order valence-corrected chi connectivity index (χ3v) is 5.60. The molecule has 0 nitrogen and oxygen atoms in total. The number of fused-ring (bicyclic) bond motifs is 1. The van der Waals surface area contributed by atoms with E-state index in [2.05, 4.69) is 74.7 Å². The molecule has 0 fully saturated rings. The molecule has 0 spiro atoms. The summed E-state index contributed by atoms with van der Waals surface area (Å²) in [5.41, 5.74) is 8.14. The first kappa shape index (κ1) is 16.9. The predicted molar refractivity (Wildman–Crippen MR) is 93.3 cm³/mol. The fourth-order valence-corrected chi connectivity index (χ4v) is 3.25. The van der Waals surface area contributed by atoms with Gasteiger partial charge < -0.3 is 0 Å². The Balaban J connectivity index is 0.000000309. The third-order valence-electron chi connectivity index (χ3n) is 3.71. The first-order chi connectivity index (χ1) is 10.5. The Kier molecular flexibility index (Phi) is 5.92. The van der Waals surface area contributed by atoms with Crippen LogP contribution in [0.5, 0.6) is 0 Å². The number of hydrogen-bond acceptors (Lipinski definition) is 0. The van der Waals surface area contributed by atoms with E-state index in [0.29, 0.717) is 3.63 Å². The summed E-state index contributed by atoms with van der Waals surface area (Å²) in [6, 6.07) is 17.3. The fraction of sp³-hybridized carbons (Fsp3) is 0.143. The molecule has 109 valence electrons. The Labute approximate surface area is 149 Å². The zero-order valence-corrected chi connectivity index (χ0v) is 15.7. The molecule has 0 saturated carbocycles. The molecule has 0 N–H and O–H groups in total. The minimum absolute atomic E-state index is 0.654. The first-order valence-corrected chi connectivity index (χ1v) is 8.82. The van der Waals surface area contributed by atoms with Gasteiger partial charge in [0.2, 0.25) is 0 Å². The average molecular weight is 365 g/mol. The summed E-state index contributed by atoms with van der Waals surface area (Å²) in [4.78, 5) is 0. The van der Waals surface area contributed by atoms with Crippen molar-refractivity contribution in [3.05, 3.63) is 90.0 Å². The third kappa shape index (κ3) is 3.84. The Hall–Kier alpha value is -1.46. The van der Waals surface area contributed by atoms with E-state index in [9.17, 15) is 0 Å². The van der Waals surface area contributed by atoms with Crippen LogP contribution in [0.4, 0.5) is 0 Å². The SMILES string of the molecule is C=CC(=C)C.CC1=Cc2c(-c3ccccc3)cccc2[CH]1[Zr]. The van der Waals surface area contributed by atoms with Crippen LogP contribution < -0.4 is 0 Å². The standard InChI is InChI=1S/C16H13.C5H8.Zr/c1-12-10-14-8-5-9-15(16(14)11-12)13-6-3-2-4-7-13;1-4-5(2)3;/h2-11H,1H3;4H,1-2H2,3H3;. The number of rotatable bonds is 2. The van der Waals surface area contributed by atoms with Crippen molar-refractivity contribution in [3.8, 4) is 11.1 Å². The van der Waals surface area contributed by atoms with Gasteiger partial charge in [-0.05, 0) is 6.92 Å². The van der Waals surface area contributed by atoms with E-state index in [4.69, 9.17) is 0 Å². The van der Waals surface area contributed by atoms with E-state index in [0.717, 1.165) is 5.57 Å². The van der Waals surface area contributed by atoms with Crippen LogP contribution in [0.25, 0.3) is 17.2 Å². The maximum absolute atomic E-state index is 3.56. The quantitative estimate of drug-likeness (QED) is 0.564. The topological polar surface area (TPSA) is 0 Å². The summed E-state index contributed by atoms with van der Waals surface area (Å²) >= 11 is 1.58. The van der Waals surface area contributed by atoms with Gasteiger partial charge in [-0.15, -0.1) is 0 Å². The Morgan fingerprint density at radius 3 is 2.32 bits per heavy atom. The summed E-state index contributed by atoms with van der Waals surface area (Å²) in [7, 11) is 0. The first-order valence-electron chi connectivity index (χ1n) is 7.40. The Morgan fingerprint density at radius 1 is 1.09 bits per heavy atom. The number of allylic oxidation sites excluding steroid dienone is 3. The van der Waals surface area contributed by atoms with Gasteiger partial charge in [0, 0.05) is 0 Å². The number of hydrogen-bond donors (Lipinski definition) is 0. The summed E-state index contributed by atoms with van der Waals surface area (Å²) in [6.07, 6.45) is 4.08. The van der Waals surface area contributed by atoms with Crippen LogP contribution in [0.2, 0.25) is 0 Å². The molecule has 0 heterocycles. The van der Waals surface area contributed by atoms with Gasteiger partial charge in [0.25, 0.3) is 0 Å². The van der Waals surface area contributed by atoms with E-state index in [1.165, 1.54) is 27.8 Å². The molecule has 2 aromatic rings. The van der Waals surface area contributed by atoms with Crippen molar-refractivity contribution in [1.82, 2.24) is 0 Å². The van der Waals surface area contributed by atoms with Crippen molar-refractivity contribution < 1.29 is 24.7 Å². The van der Waals surface area contributed by atoms with E-state index < -0.39 is 0 Å². The number of benzene rings is 2. The summed E-state index contributed by atoms with van der Waals surface area (Å²) in [6.45, 7) is 11.2. The molecule has 0 bridgehead atoms. The molecule has 0 saturated heterocycles. The Bertz CT molecular complexity index is 708. The molecule has 1 unspecified atom stereocenters. The maximum atomic E-state index is 3.56. The molecule has 22 heavy (non-hydrogen) atoms. The van der Waals surface area contributed by atoms with Crippen molar-refractivity contribution in [2.75, 3.05) is 0 Å². The van der Waals surface area contributed by atoms with Gasteiger partial charge in [-0.2, -0.15) is 0 Å². The second-order valence-corrected chi connectivity index (χ2v) is 6.97. The normalized spacial score (nSPS) is 15.1. The fourth-order valence-electron chi connectivity index (χ4n) is 2.42. The van der Waals surface area contributed by atoms with Crippen LogP contribution in [0.15, 0.2) is 78.9 Å². The molecular weight excluding hydrogens is 343 g/mol. The van der Waals surface area contributed by atoms with Gasteiger partial charge in [-0.25, -0.2) is 0 Å². The zero-order chi connectivity index (χ0) is 16.1. The Morgan fingerprint density at radius 2 is 1.73 bits per heavy atom.